The molecule has 1 aromatic carbocycles. The average molecular weight is 264 g/mol. The summed E-state index contributed by atoms with van der Waals surface area (Å²) in [4.78, 5) is 0. The first-order valence-corrected chi connectivity index (χ1v) is 8.10. The van der Waals surface area contributed by atoms with Crippen molar-refractivity contribution in [3.05, 3.63) is 35.4 Å². The van der Waals surface area contributed by atoms with Crippen LogP contribution in [0, 0.1) is 5.92 Å². The second-order valence-electron chi connectivity index (χ2n) is 5.69. The molecule has 18 heavy (non-hydrogen) atoms. The van der Waals surface area contributed by atoms with Crippen molar-refractivity contribution in [1.82, 2.24) is 0 Å². The molecule has 0 bridgehead atoms. The highest BCUT2D eigenvalue weighted by Crippen LogP contribution is 2.34. The van der Waals surface area contributed by atoms with Gasteiger partial charge in [0.2, 0.25) is 0 Å². The Morgan fingerprint density at radius 1 is 1.33 bits per heavy atom. The fraction of sp³-hybridized carbons (Fsp3) is 0.625. The highest BCUT2D eigenvalue weighted by Gasteiger charge is 2.23. The Kier molecular flexibility index (Phi) is 5.13. The number of hydrogen-bond acceptors (Lipinski definition) is 2. The van der Waals surface area contributed by atoms with Gasteiger partial charge >= 0.3 is 0 Å². The van der Waals surface area contributed by atoms with Crippen molar-refractivity contribution in [2.45, 2.75) is 50.9 Å². The van der Waals surface area contributed by atoms with Crippen molar-refractivity contribution in [3.8, 4) is 0 Å². The first-order chi connectivity index (χ1) is 8.66. The molecule has 0 radical (unpaired) electrons. The second kappa shape index (κ2) is 6.63. The Morgan fingerprint density at radius 3 is 2.83 bits per heavy atom. The van der Waals surface area contributed by atoms with Gasteiger partial charge in [0, 0.05) is 5.25 Å². The number of aliphatic hydroxyl groups is 1. The summed E-state index contributed by atoms with van der Waals surface area (Å²) in [5, 5.41) is 10.9. The zero-order valence-electron chi connectivity index (χ0n) is 11.4. The summed E-state index contributed by atoms with van der Waals surface area (Å²) in [6, 6.07) is 8.53. The van der Waals surface area contributed by atoms with Gasteiger partial charge in [-0.05, 0) is 42.1 Å². The predicted molar refractivity (Wildman–Crippen MR) is 80.0 cm³/mol. The van der Waals surface area contributed by atoms with Crippen LogP contribution in [0.3, 0.4) is 0 Å². The number of aliphatic hydroxyl groups excluding tert-OH is 1. The van der Waals surface area contributed by atoms with Crippen LogP contribution in [0.1, 0.15) is 50.3 Å². The SMILES string of the molecule is CC(C)Cc1cccc(C(O)C2CCCCS2)c1. The Morgan fingerprint density at radius 2 is 2.17 bits per heavy atom. The summed E-state index contributed by atoms with van der Waals surface area (Å²) in [5.74, 6) is 1.87. The number of hydrogen-bond donors (Lipinski definition) is 1. The number of thioether (sulfide) groups is 1. The van der Waals surface area contributed by atoms with Gasteiger partial charge in [-0.2, -0.15) is 11.8 Å². The zero-order valence-corrected chi connectivity index (χ0v) is 12.2. The van der Waals surface area contributed by atoms with E-state index in [-0.39, 0.29) is 6.10 Å². The summed E-state index contributed by atoms with van der Waals surface area (Å²) < 4.78 is 0. The predicted octanol–water partition coefficient (Wildman–Crippen LogP) is 4.20. The quantitative estimate of drug-likeness (QED) is 0.879. The molecule has 1 fully saturated rings. The van der Waals surface area contributed by atoms with Crippen LogP contribution in [0.5, 0.6) is 0 Å². The fourth-order valence-corrected chi connectivity index (χ4v) is 3.95. The van der Waals surface area contributed by atoms with Gasteiger partial charge in [-0.15, -0.1) is 0 Å². The largest absolute Gasteiger partial charge is 0.387 e. The molecule has 1 aliphatic heterocycles. The Labute approximate surface area is 115 Å². The molecule has 1 aromatic rings. The van der Waals surface area contributed by atoms with Crippen LogP contribution in [-0.2, 0) is 6.42 Å². The third-order valence-electron chi connectivity index (χ3n) is 3.50. The number of benzene rings is 1. The summed E-state index contributed by atoms with van der Waals surface area (Å²) in [6.07, 6.45) is 4.53. The summed E-state index contributed by atoms with van der Waals surface area (Å²) in [7, 11) is 0. The van der Waals surface area contributed by atoms with E-state index in [0.29, 0.717) is 11.2 Å². The van der Waals surface area contributed by atoms with Gasteiger partial charge in [0.1, 0.15) is 0 Å². The van der Waals surface area contributed by atoms with E-state index in [1.54, 1.807) is 0 Å². The second-order valence-corrected chi connectivity index (χ2v) is 7.04. The molecule has 2 heteroatoms. The molecule has 0 saturated carbocycles. The lowest BCUT2D eigenvalue weighted by molar-refractivity contribution is 0.168. The normalized spacial score (nSPS) is 22.1. The van der Waals surface area contributed by atoms with E-state index >= 15 is 0 Å². The molecule has 2 rings (SSSR count). The zero-order chi connectivity index (χ0) is 13.0. The van der Waals surface area contributed by atoms with Crippen LogP contribution in [0.25, 0.3) is 0 Å². The van der Waals surface area contributed by atoms with Crippen LogP contribution in [0.15, 0.2) is 24.3 Å². The van der Waals surface area contributed by atoms with E-state index in [2.05, 4.69) is 38.1 Å². The highest BCUT2D eigenvalue weighted by atomic mass is 32.2. The third-order valence-corrected chi connectivity index (χ3v) is 4.95. The van der Waals surface area contributed by atoms with Gasteiger partial charge in [-0.3, -0.25) is 0 Å². The number of rotatable bonds is 4. The first kappa shape index (κ1) is 14.0. The van der Waals surface area contributed by atoms with Crippen LogP contribution < -0.4 is 0 Å². The topological polar surface area (TPSA) is 20.2 Å². The van der Waals surface area contributed by atoms with Crippen molar-refractivity contribution in [2.75, 3.05) is 5.75 Å². The lowest BCUT2D eigenvalue weighted by Crippen LogP contribution is -2.19. The molecule has 100 valence electrons. The van der Waals surface area contributed by atoms with Crippen LogP contribution in [0.4, 0.5) is 0 Å². The minimum atomic E-state index is -0.289. The molecule has 1 aliphatic rings. The van der Waals surface area contributed by atoms with Crippen molar-refractivity contribution in [2.24, 2.45) is 5.92 Å². The van der Waals surface area contributed by atoms with E-state index < -0.39 is 0 Å². The smallest absolute Gasteiger partial charge is 0.0908 e. The van der Waals surface area contributed by atoms with Crippen molar-refractivity contribution in [1.29, 1.82) is 0 Å². The van der Waals surface area contributed by atoms with E-state index in [1.165, 1.54) is 24.2 Å². The Balaban J connectivity index is 2.06. The maximum absolute atomic E-state index is 10.5. The minimum absolute atomic E-state index is 0.289. The van der Waals surface area contributed by atoms with Crippen molar-refractivity contribution >= 4 is 11.8 Å². The maximum Gasteiger partial charge on any atom is 0.0908 e. The highest BCUT2D eigenvalue weighted by molar-refractivity contribution is 7.99. The third kappa shape index (κ3) is 3.76. The first-order valence-electron chi connectivity index (χ1n) is 7.05. The van der Waals surface area contributed by atoms with E-state index in [9.17, 15) is 5.11 Å². The van der Waals surface area contributed by atoms with Crippen molar-refractivity contribution in [3.63, 3.8) is 0 Å². The molecule has 2 atom stereocenters. The molecule has 0 amide bonds. The molecule has 0 aromatic heterocycles. The average Bonchev–Trinajstić information content (AvgIpc) is 2.38. The molecular weight excluding hydrogens is 240 g/mol. The molecule has 1 nitrogen and oxygen atoms in total. The molecule has 1 N–H and O–H groups in total. The lowest BCUT2D eigenvalue weighted by atomic mass is 9.97. The van der Waals surface area contributed by atoms with E-state index in [1.807, 2.05) is 11.8 Å². The van der Waals surface area contributed by atoms with Gasteiger partial charge in [-0.25, -0.2) is 0 Å². The van der Waals surface area contributed by atoms with Crippen LogP contribution in [0.2, 0.25) is 0 Å². The minimum Gasteiger partial charge on any atom is -0.387 e. The Bertz CT molecular complexity index is 369. The van der Waals surface area contributed by atoms with Crippen molar-refractivity contribution < 1.29 is 5.11 Å². The monoisotopic (exact) mass is 264 g/mol. The molecular formula is C16H24OS. The van der Waals surface area contributed by atoms with Gasteiger partial charge in [0.25, 0.3) is 0 Å². The van der Waals surface area contributed by atoms with E-state index in [4.69, 9.17) is 0 Å². The molecule has 0 aliphatic carbocycles. The lowest BCUT2D eigenvalue weighted by Gasteiger charge is -2.26. The molecule has 2 unspecified atom stereocenters. The fourth-order valence-electron chi connectivity index (χ4n) is 2.60. The summed E-state index contributed by atoms with van der Waals surface area (Å²) >= 11 is 1.94. The molecule has 0 spiro atoms. The van der Waals surface area contributed by atoms with Crippen LogP contribution in [-0.4, -0.2) is 16.1 Å². The van der Waals surface area contributed by atoms with Gasteiger partial charge in [0.15, 0.2) is 0 Å². The van der Waals surface area contributed by atoms with Gasteiger partial charge < -0.3 is 5.11 Å². The standard InChI is InChI=1S/C16H24OS/c1-12(2)10-13-6-5-7-14(11-13)16(17)15-8-3-4-9-18-15/h5-7,11-12,15-17H,3-4,8-10H2,1-2H3. The maximum atomic E-state index is 10.5. The molecule has 1 saturated heterocycles. The van der Waals surface area contributed by atoms with Crippen LogP contribution >= 0.6 is 11.8 Å². The van der Waals surface area contributed by atoms with E-state index in [0.717, 1.165) is 18.4 Å². The summed E-state index contributed by atoms with van der Waals surface area (Å²) in [6.45, 7) is 4.47. The van der Waals surface area contributed by atoms with Gasteiger partial charge in [0.05, 0.1) is 6.10 Å². The Hall–Kier alpha value is -0.470. The molecule has 1 heterocycles. The summed E-state index contributed by atoms with van der Waals surface area (Å²) in [5.41, 5.74) is 2.45. The van der Waals surface area contributed by atoms with Gasteiger partial charge in [-0.1, -0.05) is 44.5 Å².